The Bertz CT molecular complexity index is 649. The summed E-state index contributed by atoms with van der Waals surface area (Å²) >= 11 is -1.29. The van der Waals surface area contributed by atoms with Crippen LogP contribution >= 0.6 is 19.6 Å². The van der Waals surface area contributed by atoms with Gasteiger partial charge in [-0.1, -0.05) is 35.9 Å². The number of halogens is 1. The predicted molar refractivity (Wildman–Crippen MR) is 80.9 cm³/mol. The molecular formula is C13H12INO2S. The highest BCUT2D eigenvalue weighted by molar-refractivity contribution is 14.2. The molecular weight excluding hydrogens is 361 g/mol. The smallest absolute Gasteiger partial charge is 0.212 e. The van der Waals surface area contributed by atoms with Gasteiger partial charge in [0.25, 0.3) is 0 Å². The summed E-state index contributed by atoms with van der Waals surface area (Å²) in [7, 11) is -3.23. The molecule has 0 amide bonds. The molecule has 2 aromatic carbocycles. The van der Waals surface area contributed by atoms with Crippen LogP contribution in [0.2, 0.25) is 0 Å². The van der Waals surface area contributed by atoms with Gasteiger partial charge in [0.2, 0.25) is 7.01 Å². The van der Waals surface area contributed by atoms with Crippen molar-refractivity contribution < 1.29 is 8.42 Å². The Balaban J connectivity index is 2.28. The van der Waals surface area contributed by atoms with Crippen LogP contribution in [0, 0.1) is 6.92 Å². The van der Waals surface area contributed by atoms with Gasteiger partial charge in [0, 0.05) is 0 Å². The summed E-state index contributed by atoms with van der Waals surface area (Å²) in [5, 5.41) is 0. The van der Waals surface area contributed by atoms with Crippen molar-refractivity contribution in [3.8, 4) is 0 Å². The van der Waals surface area contributed by atoms with Gasteiger partial charge in [-0.25, -0.2) is 11.6 Å². The van der Waals surface area contributed by atoms with Gasteiger partial charge in [-0.15, -0.1) is 0 Å². The van der Waals surface area contributed by atoms with E-state index >= 15 is 0 Å². The average Bonchev–Trinajstić information content (AvgIpc) is 2.38. The van der Waals surface area contributed by atoms with Crippen molar-refractivity contribution in [1.82, 2.24) is 0 Å². The van der Waals surface area contributed by atoms with Crippen molar-refractivity contribution in [3.63, 3.8) is 0 Å². The predicted octanol–water partition coefficient (Wildman–Crippen LogP) is 4.17. The molecule has 0 atom stereocenters. The summed E-state index contributed by atoms with van der Waals surface area (Å²) in [6.45, 7) is 1.93. The third-order valence-electron chi connectivity index (χ3n) is 2.28. The molecule has 0 aromatic heterocycles. The van der Waals surface area contributed by atoms with Crippen LogP contribution in [0.1, 0.15) is 5.56 Å². The fraction of sp³-hybridized carbons (Fsp3) is 0.0769. The Morgan fingerprint density at radius 3 is 2.17 bits per heavy atom. The van der Waals surface area contributed by atoms with Gasteiger partial charge in [0.1, 0.15) is 19.6 Å². The summed E-state index contributed by atoms with van der Waals surface area (Å²) < 4.78 is 28.3. The molecule has 0 aliphatic rings. The number of hydrogen-bond donors (Lipinski definition) is 0. The first-order valence-electron chi connectivity index (χ1n) is 5.32. The fourth-order valence-electron chi connectivity index (χ4n) is 1.31. The van der Waals surface area contributed by atoms with Crippen molar-refractivity contribution in [2.24, 2.45) is 3.15 Å². The second-order valence-electron chi connectivity index (χ2n) is 3.74. The number of nitrogens with zero attached hydrogens (tertiary/aromatic N) is 1. The van der Waals surface area contributed by atoms with Crippen molar-refractivity contribution in [2.45, 2.75) is 11.8 Å². The first-order chi connectivity index (χ1) is 8.58. The van der Waals surface area contributed by atoms with E-state index in [4.69, 9.17) is 0 Å². The molecule has 2 aromatic rings. The fourth-order valence-corrected chi connectivity index (χ4v) is 5.37. The Morgan fingerprint density at radius 1 is 0.944 bits per heavy atom. The van der Waals surface area contributed by atoms with Crippen molar-refractivity contribution in [1.29, 1.82) is 0 Å². The van der Waals surface area contributed by atoms with Crippen LogP contribution in [-0.2, 0) is 7.01 Å². The third kappa shape index (κ3) is 3.46. The molecule has 0 saturated carbocycles. The third-order valence-corrected chi connectivity index (χ3v) is 7.60. The molecule has 0 unspecified atom stereocenters. The zero-order valence-electron chi connectivity index (χ0n) is 9.75. The van der Waals surface area contributed by atoms with Gasteiger partial charge in [-0.2, -0.15) is 0 Å². The molecule has 0 bridgehead atoms. The van der Waals surface area contributed by atoms with Crippen molar-refractivity contribution >= 4 is 32.3 Å². The largest absolute Gasteiger partial charge is 0.242 e. The summed E-state index contributed by atoms with van der Waals surface area (Å²) in [5.41, 5.74) is 1.77. The lowest BCUT2D eigenvalue weighted by molar-refractivity contribution is 0.612. The zero-order valence-corrected chi connectivity index (χ0v) is 12.7. The van der Waals surface area contributed by atoms with Gasteiger partial charge in [-0.3, -0.25) is 0 Å². The lowest BCUT2D eigenvalue weighted by Gasteiger charge is -1.98. The lowest BCUT2D eigenvalue weighted by Crippen LogP contribution is -1.89. The number of aryl methyl sites for hydroxylation is 1. The molecule has 0 fully saturated rings. The van der Waals surface area contributed by atoms with E-state index in [1.807, 2.05) is 37.3 Å². The Hall–Kier alpha value is -1.08. The van der Waals surface area contributed by atoms with Crippen LogP contribution < -0.4 is 0 Å². The van der Waals surface area contributed by atoms with Gasteiger partial charge < -0.3 is 0 Å². The summed E-state index contributed by atoms with van der Waals surface area (Å²) in [6, 6.07) is 16.1. The quantitative estimate of drug-likeness (QED) is 0.599. The summed E-state index contributed by atoms with van der Waals surface area (Å²) in [5.74, 6) is 0. The monoisotopic (exact) mass is 373 g/mol. The average molecular weight is 373 g/mol. The SMILES string of the molecule is Cc1ccc(S(=O)(=O)I=Nc2ccccc2)cc1. The molecule has 0 N–H and O–H groups in total. The van der Waals surface area contributed by atoms with Gasteiger partial charge in [0.05, 0.1) is 10.6 Å². The maximum absolute atomic E-state index is 12.1. The molecule has 18 heavy (non-hydrogen) atoms. The second kappa shape index (κ2) is 5.71. The molecule has 0 saturated heterocycles. The Kier molecular flexibility index (Phi) is 4.23. The maximum Gasteiger partial charge on any atom is 0.242 e. The van der Waals surface area contributed by atoms with E-state index in [9.17, 15) is 8.42 Å². The topological polar surface area (TPSA) is 46.5 Å². The van der Waals surface area contributed by atoms with E-state index in [-0.39, 0.29) is 0 Å². The molecule has 3 nitrogen and oxygen atoms in total. The Labute approximate surface area is 115 Å². The van der Waals surface area contributed by atoms with Crippen LogP contribution in [0.5, 0.6) is 0 Å². The number of rotatable bonds is 3. The molecule has 94 valence electrons. The second-order valence-corrected chi connectivity index (χ2v) is 10.4. The zero-order chi connectivity index (χ0) is 13.0. The standard InChI is InChI=1S/C13H12INO2S/c1-11-7-9-13(10-8-11)18(16,17)14-15-12-5-3-2-4-6-12/h2-10H,1H3. The first kappa shape index (κ1) is 13.4. The van der Waals surface area contributed by atoms with Crippen LogP contribution in [0.4, 0.5) is 5.69 Å². The molecule has 0 spiro atoms. The minimum absolute atomic E-state index is 0.362. The summed E-state index contributed by atoms with van der Waals surface area (Å²) in [6.07, 6.45) is 0. The Morgan fingerprint density at radius 2 is 1.56 bits per heavy atom. The highest BCUT2D eigenvalue weighted by Crippen LogP contribution is 2.28. The van der Waals surface area contributed by atoms with Crippen molar-refractivity contribution in [3.05, 3.63) is 60.2 Å². The minimum Gasteiger partial charge on any atom is -0.212 e. The van der Waals surface area contributed by atoms with Gasteiger partial charge >= 0.3 is 0 Å². The molecule has 2 rings (SSSR count). The summed E-state index contributed by atoms with van der Waals surface area (Å²) in [4.78, 5) is 0.362. The van der Waals surface area contributed by atoms with E-state index in [2.05, 4.69) is 3.15 Å². The van der Waals surface area contributed by atoms with Crippen LogP contribution in [0.15, 0.2) is 62.6 Å². The molecule has 0 aliphatic carbocycles. The highest BCUT2D eigenvalue weighted by Gasteiger charge is 2.11. The van der Waals surface area contributed by atoms with E-state index in [0.29, 0.717) is 4.90 Å². The van der Waals surface area contributed by atoms with E-state index in [0.717, 1.165) is 11.3 Å². The molecule has 5 heteroatoms. The van der Waals surface area contributed by atoms with Gasteiger partial charge in [0.15, 0.2) is 0 Å². The molecule has 0 radical (unpaired) electrons. The molecule has 0 aliphatic heterocycles. The first-order valence-corrected chi connectivity index (χ1v) is 10.3. The maximum atomic E-state index is 12.1. The van der Waals surface area contributed by atoms with E-state index < -0.39 is 26.7 Å². The van der Waals surface area contributed by atoms with Crippen LogP contribution in [0.25, 0.3) is 0 Å². The lowest BCUT2D eigenvalue weighted by atomic mass is 10.2. The van der Waals surface area contributed by atoms with E-state index in [1.54, 1.807) is 24.3 Å². The molecule has 0 heterocycles. The van der Waals surface area contributed by atoms with Crippen LogP contribution in [-0.4, -0.2) is 8.42 Å². The number of benzene rings is 2. The van der Waals surface area contributed by atoms with Gasteiger partial charge in [-0.05, 0) is 31.2 Å². The van der Waals surface area contributed by atoms with Crippen LogP contribution in [0.3, 0.4) is 0 Å². The highest BCUT2D eigenvalue weighted by atomic mass is 127. The van der Waals surface area contributed by atoms with Crippen molar-refractivity contribution in [2.75, 3.05) is 0 Å². The minimum atomic E-state index is -3.23. The number of hydrogen-bond acceptors (Lipinski definition) is 3. The van der Waals surface area contributed by atoms with E-state index in [1.165, 1.54) is 0 Å². The normalized spacial score (nSPS) is 12.3.